The molecular formula is C21H25BrN4O4. The Morgan fingerprint density at radius 1 is 1.10 bits per heavy atom. The zero-order valence-electron chi connectivity index (χ0n) is 16.4. The minimum absolute atomic E-state index is 0.0209. The highest BCUT2D eigenvalue weighted by molar-refractivity contribution is 9.10. The zero-order valence-corrected chi connectivity index (χ0v) is 18.0. The maximum atomic E-state index is 12.2. The van der Waals surface area contributed by atoms with Crippen LogP contribution in [0.4, 0.5) is 11.4 Å². The number of nitrogens with two attached hydrogens (primary N) is 1. The Labute approximate surface area is 183 Å². The van der Waals surface area contributed by atoms with E-state index in [1.165, 1.54) is 6.07 Å². The van der Waals surface area contributed by atoms with Crippen LogP contribution in [0.15, 0.2) is 52.1 Å². The van der Waals surface area contributed by atoms with Crippen molar-refractivity contribution < 1.29 is 19.9 Å². The number of oxime groups is 1. The van der Waals surface area contributed by atoms with Crippen molar-refractivity contribution in [2.45, 2.75) is 32.1 Å². The molecule has 0 heterocycles. The summed E-state index contributed by atoms with van der Waals surface area (Å²) in [4.78, 5) is 24.1. The molecule has 6 N–H and O–H groups in total. The second-order valence-corrected chi connectivity index (χ2v) is 7.57. The topological polar surface area (TPSA) is 137 Å². The Morgan fingerprint density at radius 3 is 2.57 bits per heavy atom. The lowest BCUT2D eigenvalue weighted by atomic mass is 10.1. The highest BCUT2D eigenvalue weighted by Crippen LogP contribution is 2.24. The van der Waals surface area contributed by atoms with Crippen LogP contribution < -0.4 is 16.4 Å². The third-order valence-electron chi connectivity index (χ3n) is 4.37. The van der Waals surface area contributed by atoms with Crippen LogP contribution >= 0.6 is 15.9 Å². The Hall–Kier alpha value is -3.07. The maximum Gasteiger partial charge on any atom is 0.269 e. The zero-order chi connectivity index (χ0) is 21.9. The van der Waals surface area contributed by atoms with Crippen molar-refractivity contribution in [3.8, 4) is 5.75 Å². The molecule has 0 saturated heterocycles. The molecule has 0 aromatic heterocycles. The predicted octanol–water partition coefficient (Wildman–Crippen LogP) is 3.42. The second-order valence-electron chi connectivity index (χ2n) is 6.71. The van der Waals surface area contributed by atoms with Gasteiger partial charge in [-0.15, -0.1) is 0 Å². The largest absolute Gasteiger partial charge is 0.507 e. The molecule has 30 heavy (non-hydrogen) atoms. The standard InChI is InChI=1S/C21H25BrN4O4/c22-15-12-14(9-10-19(15)27)13-18(26-30)21(29)24-11-5-1-2-8-20(28)25-17-7-4-3-6-16(17)23/h3-4,6-7,9-10,12,27,30H,1-2,5,8,11,13,23H2,(H,24,29)(H,25,28)/b26-18+. The molecule has 0 unspecified atom stereocenters. The third kappa shape index (κ3) is 7.40. The Balaban J connectivity index is 1.65. The van der Waals surface area contributed by atoms with Crippen LogP contribution in [0.5, 0.6) is 5.75 Å². The monoisotopic (exact) mass is 476 g/mol. The second kappa shape index (κ2) is 11.8. The molecule has 2 aromatic carbocycles. The molecule has 0 spiro atoms. The fourth-order valence-corrected chi connectivity index (χ4v) is 3.16. The molecule has 2 rings (SSSR count). The van der Waals surface area contributed by atoms with Crippen LogP contribution in [0.2, 0.25) is 0 Å². The first-order valence-corrected chi connectivity index (χ1v) is 10.3. The number of amides is 2. The van der Waals surface area contributed by atoms with Crippen molar-refractivity contribution in [2.24, 2.45) is 5.16 Å². The number of anilines is 2. The molecule has 0 radical (unpaired) electrons. The van der Waals surface area contributed by atoms with Crippen molar-refractivity contribution in [1.29, 1.82) is 0 Å². The summed E-state index contributed by atoms with van der Waals surface area (Å²) in [7, 11) is 0. The number of hydrogen-bond acceptors (Lipinski definition) is 6. The number of para-hydroxylation sites is 2. The summed E-state index contributed by atoms with van der Waals surface area (Å²) in [6, 6.07) is 11.9. The number of benzene rings is 2. The first kappa shape index (κ1) is 23.2. The van der Waals surface area contributed by atoms with Gasteiger partial charge < -0.3 is 26.7 Å². The number of unbranched alkanes of at least 4 members (excludes halogenated alkanes) is 2. The number of nitrogens with zero attached hydrogens (tertiary/aromatic N) is 1. The van der Waals surface area contributed by atoms with Crippen molar-refractivity contribution in [1.82, 2.24) is 5.32 Å². The van der Waals surface area contributed by atoms with Gasteiger partial charge in [0.25, 0.3) is 5.91 Å². The van der Waals surface area contributed by atoms with Gasteiger partial charge in [-0.05, 0) is 58.6 Å². The predicted molar refractivity (Wildman–Crippen MR) is 120 cm³/mol. The molecule has 0 atom stereocenters. The average molecular weight is 477 g/mol. The van der Waals surface area contributed by atoms with E-state index in [9.17, 15) is 14.7 Å². The van der Waals surface area contributed by atoms with Crippen molar-refractivity contribution >= 4 is 44.8 Å². The van der Waals surface area contributed by atoms with Gasteiger partial charge in [-0.2, -0.15) is 0 Å². The minimum Gasteiger partial charge on any atom is -0.507 e. The molecule has 160 valence electrons. The smallest absolute Gasteiger partial charge is 0.269 e. The van der Waals surface area contributed by atoms with Gasteiger partial charge in [0.15, 0.2) is 0 Å². The summed E-state index contributed by atoms with van der Waals surface area (Å²) in [6.07, 6.45) is 2.62. The lowest BCUT2D eigenvalue weighted by molar-refractivity contribution is -0.116. The summed E-state index contributed by atoms with van der Waals surface area (Å²) < 4.78 is 0.497. The van der Waals surface area contributed by atoms with Gasteiger partial charge in [0.05, 0.1) is 15.8 Å². The van der Waals surface area contributed by atoms with Gasteiger partial charge in [0.2, 0.25) is 5.91 Å². The van der Waals surface area contributed by atoms with E-state index in [0.717, 1.165) is 6.42 Å². The van der Waals surface area contributed by atoms with Gasteiger partial charge in [-0.3, -0.25) is 9.59 Å². The Bertz CT molecular complexity index is 918. The normalized spacial score (nSPS) is 11.2. The lowest BCUT2D eigenvalue weighted by Gasteiger charge is -2.09. The number of nitrogen functional groups attached to an aromatic ring is 1. The highest BCUT2D eigenvalue weighted by Gasteiger charge is 2.13. The molecule has 0 aliphatic heterocycles. The number of aromatic hydroxyl groups is 1. The molecule has 0 saturated carbocycles. The van der Waals surface area contributed by atoms with Crippen LogP contribution in [0.3, 0.4) is 0 Å². The van der Waals surface area contributed by atoms with E-state index >= 15 is 0 Å². The number of rotatable bonds is 10. The van der Waals surface area contributed by atoms with Crippen LogP contribution in [-0.4, -0.2) is 34.4 Å². The van der Waals surface area contributed by atoms with E-state index in [1.807, 2.05) is 0 Å². The first-order valence-electron chi connectivity index (χ1n) is 9.51. The van der Waals surface area contributed by atoms with Crippen molar-refractivity contribution in [2.75, 3.05) is 17.6 Å². The highest BCUT2D eigenvalue weighted by atomic mass is 79.9. The van der Waals surface area contributed by atoms with E-state index in [1.54, 1.807) is 36.4 Å². The quantitative estimate of drug-likeness (QED) is 0.117. The number of halogens is 1. The average Bonchev–Trinajstić information content (AvgIpc) is 2.72. The molecular weight excluding hydrogens is 452 g/mol. The van der Waals surface area contributed by atoms with Crippen molar-refractivity contribution in [3.05, 3.63) is 52.5 Å². The number of phenolic OH excluding ortho intramolecular Hbond substituents is 1. The molecule has 9 heteroatoms. The Morgan fingerprint density at radius 2 is 1.87 bits per heavy atom. The molecule has 0 aliphatic carbocycles. The van der Waals surface area contributed by atoms with E-state index in [-0.39, 0.29) is 23.8 Å². The minimum atomic E-state index is -0.459. The Kier molecular flexibility index (Phi) is 9.14. The number of hydrogen-bond donors (Lipinski definition) is 5. The van der Waals surface area contributed by atoms with E-state index in [2.05, 4.69) is 31.7 Å². The molecule has 2 amide bonds. The summed E-state index contributed by atoms with van der Waals surface area (Å²) in [5, 5.41) is 27.2. The maximum absolute atomic E-state index is 12.2. The number of carbonyl (C=O) groups excluding carboxylic acids is 2. The molecule has 8 nitrogen and oxygen atoms in total. The molecule has 2 aromatic rings. The van der Waals surface area contributed by atoms with Crippen molar-refractivity contribution in [3.63, 3.8) is 0 Å². The number of carbonyl (C=O) groups is 2. The van der Waals surface area contributed by atoms with Gasteiger partial charge in [0, 0.05) is 19.4 Å². The van der Waals surface area contributed by atoms with Crippen LogP contribution in [0, 0.1) is 0 Å². The third-order valence-corrected chi connectivity index (χ3v) is 5.00. The van der Waals surface area contributed by atoms with Crippen LogP contribution in [0.1, 0.15) is 31.2 Å². The first-order chi connectivity index (χ1) is 14.4. The van der Waals surface area contributed by atoms with Gasteiger partial charge >= 0.3 is 0 Å². The lowest BCUT2D eigenvalue weighted by Crippen LogP contribution is -2.33. The number of phenols is 1. The summed E-state index contributed by atoms with van der Waals surface area (Å²) >= 11 is 3.21. The molecule has 0 aliphatic rings. The van der Waals surface area contributed by atoms with E-state index in [0.29, 0.717) is 47.2 Å². The summed E-state index contributed by atoms with van der Waals surface area (Å²) in [5.41, 5.74) is 7.61. The SMILES string of the molecule is Nc1ccccc1NC(=O)CCCCCNC(=O)/C(Cc1ccc(O)c(Br)c1)=N/O. The van der Waals surface area contributed by atoms with Gasteiger partial charge in [-0.1, -0.05) is 29.8 Å². The summed E-state index contributed by atoms with van der Waals surface area (Å²) in [6.45, 7) is 0.407. The fourth-order valence-electron chi connectivity index (χ4n) is 2.73. The fraction of sp³-hybridized carbons (Fsp3) is 0.286. The van der Waals surface area contributed by atoms with Crippen LogP contribution in [0.25, 0.3) is 0 Å². The molecule has 0 bridgehead atoms. The number of nitrogens with one attached hydrogen (secondary N) is 2. The van der Waals surface area contributed by atoms with E-state index < -0.39 is 5.91 Å². The van der Waals surface area contributed by atoms with Gasteiger partial charge in [0.1, 0.15) is 11.5 Å². The molecule has 0 fully saturated rings. The van der Waals surface area contributed by atoms with Gasteiger partial charge in [-0.25, -0.2) is 0 Å². The van der Waals surface area contributed by atoms with E-state index in [4.69, 9.17) is 10.9 Å². The van der Waals surface area contributed by atoms with Crippen LogP contribution in [-0.2, 0) is 16.0 Å². The summed E-state index contributed by atoms with van der Waals surface area (Å²) in [5.74, 6) is -0.475.